The minimum absolute atomic E-state index is 0.199. The summed E-state index contributed by atoms with van der Waals surface area (Å²) in [7, 11) is 1.32. The van der Waals surface area contributed by atoms with E-state index in [1.54, 1.807) is 24.3 Å². The first-order chi connectivity index (χ1) is 10.5. The Hall–Kier alpha value is -2.37. The van der Waals surface area contributed by atoms with Crippen LogP contribution in [0.1, 0.15) is 42.1 Å². The fraction of sp³-hybridized carbons (Fsp3) is 0.438. The molecule has 1 rings (SSSR count). The van der Waals surface area contributed by atoms with Crippen LogP contribution in [0.15, 0.2) is 24.3 Å². The highest BCUT2D eigenvalue weighted by atomic mass is 16.5. The van der Waals surface area contributed by atoms with Crippen molar-refractivity contribution in [2.75, 3.05) is 7.11 Å². The van der Waals surface area contributed by atoms with Gasteiger partial charge < -0.3 is 15.2 Å². The molecule has 0 aliphatic heterocycles. The van der Waals surface area contributed by atoms with E-state index in [4.69, 9.17) is 5.11 Å². The van der Waals surface area contributed by atoms with E-state index in [9.17, 15) is 14.4 Å². The molecule has 22 heavy (non-hydrogen) atoms. The SMILES string of the molecule is CCCC(NC(=O)CCc1ccc(C(=O)OC)cc1)C(=O)O. The first kappa shape index (κ1) is 17.7. The smallest absolute Gasteiger partial charge is 0.337 e. The second-order valence-electron chi connectivity index (χ2n) is 4.94. The van der Waals surface area contributed by atoms with Crippen LogP contribution in [0.2, 0.25) is 0 Å². The normalized spacial score (nSPS) is 11.5. The molecule has 0 saturated heterocycles. The maximum absolute atomic E-state index is 11.8. The van der Waals surface area contributed by atoms with Crippen molar-refractivity contribution in [3.63, 3.8) is 0 Å². The van der Waals surface area contributed by atoms with Crippen molar-refractivity contribution in [3.05, 3.63) is 35.4 Å². The number of carboxylic acid groups (broad SMARTS) is 1. The summed E-state index contributed by atoms with van der Waals surface area (Å²) in [5.74, 6) is -1.72. The molecule has 0 saturated carbocycles. The van der Waals surface area contributed by atoms with Gasteiger partial charge in [0.2, 0.25) is 5.91 Å². The highest BCUT2D eigenvalue weighted by molar-refractivity contribution is 5.89. The van der Waals surface area contributed by atoms with Gasteiger partial charge >= 0.3 is 11.9 Å². The first-order valence-electron chi connectivity index (χ1n) is 7.17. The fourth-order valence-electron chi connectivity index (χ4n) is 2.00. The number of hydrogen-bond acceptors (Lipinski definition) is 4. The summed E-state index contributed by atoms with van der Waals surface area (Å²) < 4.78 is 4.60. The van der Waals surface area contributed by atoms with Crippen molar-refractivity contribution >= 4 is 17.8 Å². The van der Waals surface area contributed by atoms with E-state index < -0.39 is 18.0 Å². The molecule has 1 aromatic carbocycles. The molecule has 1 unspecified atom stereocenters. The van der Waals surface area contributed by atoms with Gasteiger partial charge in [0.15, 0.2) is 0 Å². The Balaban J connectivity index is 2.50. The van der Waals surface area contributed by atoms with Crippen LogP contribution < -0.4 is 5.32 Å². The number of carbonyl (C=O) groups is 3. The van der Waals surface area contributed by atoms with Crippen molar-refractivity contribution in [1.29, 1.82) is 0 Å². The van der Waals surface area contributed by atoms with E-state index in [1.165, 1.54) is 7.11 Å². The molecule has 0 aliphatic carbocycles. The largest absolute Gasteiger partial charge is 0.480 e. The third kappa shape index (κ3) is 5.55. The average Bonchev–Trinajstić information content (AvgIpc) is 2.52. The molecule has 1 amide bonds. The fourth-order valence-corrected chi connectivity index (χ4v) is 2.00. The quantitative estimate of drug-likeness (QED) is 0.714. The number of aliphatic carboxylic acids is 1. The van der Waals surface area contributed by atoms with E-state index in [-0.39, 0.29) is 12.3 Å². The van der Waals surface area contributed by atoms with Crippen LogP contribution in [-0.2, 0) is 20.7 Å². The van der Waals surface area contributed by atoms with Crippen LogP contribution >= 0.6 is 0 Å². The molecule has 1 aromatic rings. The van der Waals surface area contributed by atoms with Gasteiger partial charge in [-0.15, -0.1) is 0 Å². The van der Waals surface area contributed by atoms with Crippen LogP contribution in [0.3, 0.4) is 0 Å². The van der Waals surface area contributed by atoms with Gasteiger partial charge in [-0.05, 0) is 30.5 Å². The molecular formula is C16H21NO5. The number of esters is 1. The van der Waals surface area contributed by atoms with Crippen molar-refractivity contribution in [2.45, 2.75) is 38.6 Å². The molecule has 0 aromatic heterocycles. The third-order valence-electron chi connectivity index (χ3n) is 3.23. The van der Waals surface area contributed by atoms with Gasteiger partial charge in [-0.3, -0.25) is 4.79 Å². The van der Waals surface area contributed by atoms with Gasteiger partial charge in [-0.1, -0.05) is 25.5 Å². The van der Waals surface area contributed by atoms with Crippen molar-refractivity contribution < 1.29 is 24.2 Å². The monoisotopic (exact) mass is 307 g/mol. The summed E-state index contributed by atoms with van der Waals surface area (Å²) in [6.45, 7) is 1.87. The summed E-state index contributed by atoms with van der Waals surface area (Å²) in [5, 5.41) is 11.5. The molecule has 0 bridgehead atoms. The van der Waals surface area contributed by atoms with Gasteiger partial charge in [0.25, 0.3) is 0 Å². The Kier molecular flexibility index (Phi) is 7.08. The van der Waals surface area contributed by atoms with Gasteiger partial charge in [0, 0.05) is 6.42 Å². The van der Waals surface area contributed by atoms with Crippen LogP contribution in [0.5, 0.6) is 0 Å². The lowest BCUT2D eigenvalue weighted by Gasteiger charge is -2.13. The molecule has 1 atom stereocenters. The molecule has 6 heteroatoms. The van der Waals surface area contributed by atoms with Gasteiger partial charge in [0.1, 0.15) is 6.04 Å². The summed E-state index contributed by atoms with van der Waals surface area (Å²) >= 11 is 0. The number of rotatable bonds is 8. The van der Waals surface area contributed by atoms with E-state index in [2.05, 4.69) is 10.1 Å². The number of carboxylic acids is 1. The van der Waals surface area contributed by atoms with E-state index in [1.807, 2.05) is 6.92 Å². The van der Waals surface area contributed by atoms with Gasteiger partial charge in [-0.2, -0.15) is 0 Å². The van der Waals surface area contributed by atoms with Gasteiger partial charge in [-0.25, -0.2) is 9.59 Å². The zero-order valence-electron chi connectivity index (χ0n) is 12.8. The Morgan fingerprint density at radius 3 is 2.36 bits per heavy atom. The molecule has 0 spiro atoms. The molecule has 2 N–H and O–H groups in total. The zero-order chi connectivity index (χ0) is 16.5. The van der Waals surface area contributed by atoms with Gasteiger partial charge in [0.05, 0.1) is 12.7 Å². The number of carbonyl (C=O) groups excluding carboxylic acids is 2. The third-order valence-corrected chi connectivity index (χ3v) is 3.23. The number of methoxy groups -OCH3 is 1. The van der Waals surface area contributed by atoms with Crippen LogP contribution in [0.4, 0.5) is 0 Å². The van der Waals surface area contributed by atoms with E-state index in [0.29, 0.717) is 24.8 Å². The number of benzene rings is 1. The lowest BCUT2D eigenvalue weighted by atomic mass is 10.1. The molecule has 0 radical (unpaired) electrons. The summed E-state index contributed by atoms with van der Waals surface area (Å²) in [5.41, 5.74) is 1.34. The van der Waals surface area contributed by atoms with Crippen LogP contribution in [0, 0.1) is 0 Å². The van der Waals surface area contributed by atoms with Crippen LogP contribution in [-0.4, -0.2) is 36.1 Å². The molecule has 0 heterocycles. The molecule has 0 fully saturated rings. The zero-order valence-corrected chi connectivity index (χ0v) is 12.8. The lowest BCUT2D eigenvalue weighted by Crippen LogP contribution is -2.40. The van der Waals surface area contributed by atoms with Crippen molar-refractivity contribution in [1.82, 2.24) is 5.32 Å². The average molecular weight is 307 g/mol. The number of nitrogens with one attached hydrogen (secondary N) is 1. The lowest BCUT2D eigenvalue weighted by molar-refractivity contribution is -0.142. The summed E-state index contributed by atoms with van der Waals surface area (Å²) in [6, 6.07) is 5.94. The summed E-state index contributed by atoms with van der Waals surface area (Å²) in [6.07, 6.45) is 1.78. The first-order valence-corrected chi connectivity index (χ1v) is 7.17. The second-order valence-corrected chi connectivity index (χ2v) is 4.94. The number of amides is 1. The standard InChI is InChI=1S/C16H21NO5/c1-3-4-13(15(19)20)17-14(18)10-7-11-5-8-12(9-6-11)16(21)22-2/h5-6,8-9,13H,3-4,7,10H2,1-2H3,(H,17,18)(H,19,20). The second kappa shape index (κ2) is 8.81. The van der Waals surface area contributed by atoms with Crippen LogP contribution in [0.25, 0.3) is 0 Å². The maximum atomic E-state index is 11.8. The van der Waals surface area contributed by atoms with Crippen molar-refractivity contribution in [3.8, 4) is 0 Å². The predicted octanol–water partition coefficient (Wildman–Crippen LogP) is 1.78. The Morgan fingerprint density at radius 1 is 1.23 bits per heavy atom. The predicted molar refractivity (Wildman–Crippen MR) is 80.6 cm³/mol. The molecule has 0 aliphatic rings. The highest BCUT2D eigenvalue weighted by Crippen LogP contribution is 2.08. The summed E-state index contributed by atoms with van der Waals surface area (Å²) in [4.78, 5) is 34.0. The topological polar surface area (TPSA) is 92.7 Å². The molecule has 6 nitrogen and oxygen atoms in total. The van der Waals surface area contributed by atoms with E-state index in [0.717, 1.165) is 5.56 Å². The molecular weight excluding hydrogens is 286 g/mol. The molecule has 120 valence electrons. The minimum atomic E-state index is -1.02. The number of aryl methyl sites for hydroxylation is 1. The minimum Gasteiger partial charge on any atom is -0.480 e. The Labute approximate surface area is 129 Å². The Bertz CT molecular complexity index is 524. The van der Waals surface area contributed by atoms with Crippen molar-refractivity contribution in [2.24, 2.45) is 0 Å². The Morgan fingerprint density at radius 2 is 1.86 bits per heavy atom. The number of ether oxygens (including phenoxy) is 1. The van der Waals surface area contributed by atoms with E-state index >= 15 is 0 Å². The number of hydrogen-bond donors (Lipinski definition) is 2. The highest BCUT2D eigenvalue weighted by Gasteiger charge is 2.18. The maximum Gasteiger partial charge on any atom is 0.337 e.